The van der Waals surface area contributed by atoms with Crippen LogP contribution in [-0.2, 0) is 13.8 Å². The molecule has 130 valence electrons. The van der Waals surface area contributed by atoms with Crippen LogP contribution in [0.2, 0.25) is 0 Å². The number of ether oxygens (including phenoxy) is 2. The first kappa shape index (κ1) is 18.5. The lowest BCUT2D eigenvalue weighted by Gasteiger charge is -2.17. The lowest BCUT2D eigenvalue weighted by atomic mass is 10.1. The van der Waals surface area contributed by atoms with Crippen LogP contribution < -0.4 is 16.0 Å². The number of hydrogen-bond acceptors (Lipinski definition) is 8. The molecule has 1 fully saturated rings. The number of hydrogen-bond donors (Lipinski definition) is 3. The van der Waals surface area contributed by atoms with E-state index in [0.29, 0.717) is 0 Å². The van der Waals surface area contributed by atoms with Gasteiger partial charge in [-0.25, -0.2) is 4.79 Å². The van der Waals surface area contributed by atoms with Gasteiger partial charge in [0, 0.05) is 0 Å². The highest BCUT2D eigenvalue weighted by Gasteiger charge is 2.45. The number of aromatic nitrogens is 2. The molecule has 10 nitrogen and oxygen atoms in total. The second-order valence-corrected chi connectivity index (χ2v) is 8.90. The van der Waals surface area contributed by atoms with Gasteiger partial charge in [0.05, 0.1) is 19.9 Å². The van der Waals surface area contributed by atoms with E-state index in [0.717, 1.165) is 10.8 Å². The maximum absolute atomic E-state index is 11.8. The van der Waals surface area contributed by atoms with Gasteiger partial charge in [0.15, 0.2) is 6.23 Å². The quantitative estimate of drug-likeness (QED) is 0.585. The Hall–Kier alpha value is -0.870. The molecule has 1 saturated heterocycles. The van der Waals surface area contributed by atoms with E-state index >= 15 is 0 Å². The van der Waals surface area contributed by atoms with Gasteiger partial charge in [0.25, 0.3) is 5.56 Å². The summed E-state index contributed by atoms with van der Waals surface area (Å²) in [4.78, 5) is 25.2. The first-order valence-corrected chi connectivity index (χ1v) is 9.62. The minimum atomic E-state index is -3.85. The minimum absolute atomic E-state index is 0.194. The number of methoxy groups -OCH3 is 1. The van der Waals surface area contributed by atoms with Crippen LogP contribution in [0.4, 0.5) is 0 Å². The second-order valence-electron chi connectivity index (χ2n) is 4.62. The summed E-state index contributed by atoms with van der Waals surface area (Å²) in [6, 6.07) is 0. The molecule has 1 aromatic heterocycles. The van der Waals surface area contributed by atoms with Crippen molar-refractivity contribution in [1.29, 1.82) is 0 Å². The molecule has 13 heteroatoms. The fourth-order valence-electron chi connectivity index (χ4n) is 2.06. The fraction of sp³-hybridized carbons (Fsp3) is 0.600. The summed E-state index contributed by atoms with van der Waals surface area (Å²) in [7, 11) is 1.22. The average molecular weight is 391 g/mol. The Kier molecular flexibility index (Phi) is 5.57. The monoisotopic (exact) mass is 390 g/mol. The van der Waals surface area contributed by atoms with Gasteiger partial charge >= 0.3 is 11.8 Å². The Morgan fingerprint density at radius 3 is 2.61 bits per heavy atom. The molecule has 0 amide bonds. The van der Waals surface area contributed by atoms with E-state index in [4.69, 9.17) is 32.0 Å². The number of aromatic amines is 1. The SMILES string of the molecule is COc1cn([C@@H]2O[C@H](COP(=O)(Cl)Cl)C(O)[C@@H]2O)c(=O)[nH]c1=O. The van der Waals surface area contributed by atoms with Crippen molar-refractivity contribution in [3.05, 3.63) is 27.0 Å². The topological polar surface area (TPSA) is 140 Å². The van der Waals surface area contributed by atoms with E-state index in [1.54, 1.807) is 0 Å². The predicted molar refractivity (Wildman–Crippen MR) is 79.1 cm³/mol. The summed E-state index contributed by atoms with van der Waals surface area (Å²) in [6.07, 6.45) is -8.30. The second kappa shape index (κ2) is 6.94. The zero-order valence-corrected chi connectivity index (χ0v) is 14.0. The van der Waals surface area contributed by atoms with Gasteiger partial charge < -0.3 is 24.2 Å². The van der Waals surface area contributed by atoms with Crippen LogP contribution >= 0.6 is 28.6 Å². The Labute approximate surface area is 138 Å². The number of aliphatic hydroxyl groups is 2. The molecule has 1 aromatic rings. The Morgan fingerprint density at radius 2 is 2.04 bits per heavy atom. The van der Waals surface area contributed by atoms with Gasteiger partial charge in [-0.2, -0.15) is 0 Å². The lowest BCUT2D eigenvalue weighted by Crippen LogP contribution is -2.38. The summed E-state index contributed by atoms with van der Waals surface area (Å²) >= 11 is 10.4. The molecule has 0 aromatic carbocycles. The normalized spacial score (nSPS) is 28.0. The molecule has 1 aliphatic heterocycles. The lowest BCUT2D eigenvalue weighted by molar-refractivity contribution is -0.0510. The Bertz CT molecular complexity index is 730. The zero-order valence-electron chi connectivity index (χ0n) is 11.6. The van der Waals surface area contributed by atoms with Gasteiger partial charge in [-0.15, -0.1) is 0 Å². The van der Waals surface area contributed by atoms with Crippen molar-refractivity contribution >= 4 is 28.6 Å². The summed E-state index contributed by atoms with van der Waals surface area (Å²) in [5.41, 5.74) is -1.64. The smallest absolute Gasteiger partial charge is 0.380 e. The van der Waals surface area contributed by atoms with Crippen molar-refractivity contribution < 1.29 is 28.8 Å². The molecular formula is C10H13Cl2N2O8P. The third-order valence-corrected chi connectivity index (χ3v) is 4.19. The number of H-pyrrole nitrogens is 1. The van der Waals surface area contributed by atoms with Crippen LogP contribution in [0.5, 0.6) is 5.75 Å². The van der Waals surface area contributed by atoms with Gasteiger partial charge in [0.2, 0.25) is 5.75 Å². The van der Waals surface area contributed by atoms with Gasteiger partial charge in [-0.05, 0) is 22.5 Å². The van der Waals surface area contributed by atoms with Crippen LogP contribution in [-0.4, -0.2) is 51.8 Å². The molecular weight excluding hydrogens is 378 g/mol. The summed E-state index contributed by atoms with van der Waals surface area (Å²) in [6.45, 7) is -0.478. The van der Waals surface area contributed by atoms with Crippen molar-refractivity contribution in [2.24, 2.45) is 0 Å². The molecule has 23 heavy (non-hydrogen) atoms. The first-order chi connectivity index (χ1) is 10.6. The third-order valence-electron chi connectivity index (χ3n) is 3.16. The molecule has 4 atom stereocenters. The maximum atomic E-state index is 11.8. The Morgan fingerprint density at radius 1 is 1.39 bits per heavy atom. The van der Waals surface area contributed by atoms with Crippen molar-refractivity contribution in [1.82, 2.24) is 9.55 Å². The van der Waals surface area contributed by atoms with E-state index in [2.05, 4.69) is 4.52 Å². The molecule has 1 aliphatic rings. The van der Waals surface area contributed by atoms with Gasteiger partial charge in [-0.1, -0.05) is 0 Å². The van der Waals surface area contributed by atoms with Crippen LogP contribution in [0.15, 0.2) is 15.8 Å². The van der Waals surface area contributed by atoms with E-state index in [-0.39, 0.29) is 5.75 Å². The summed E-state index contributed by atoms with van der Waals surface area (Å²) in [5, 5.41) is 19.9. The standard InChI is InChI=1S/C10H13Cl2N2O8P/c1-20-4-2-14(10(18)13-8(4)17)9-7(16)6(15)5(22-9)3-21-23(11,12)19/h2,5-7,9,15-16H,3H2,1H3,(H,13,17,18)/t5-,6?,7+,9-/m1/s1. The van der Waals surface area contributed by atoms with E-state index < -0.39 is 48.5 Å². The van der Waals surface area contributed by atoms with Crippen LogP contribution in [0.25, 0.3) is 0 Å². The van der Waals surface area contributed by atoms with Crippen LogP contribution in [0, 0.1) is 0 Å². The number of nitrogens with one attached hydrogen (secondary N) is 1. The van der Waals surface area contributed by atoms with Crippen molar-refractivity contribution in [3.63, 3.8) is 0 Å². The number of aliphatic hydroxyl groups excluding tert-OH is 2. The van der Waals surface area contributed by atoms with Crippen molar-refractivity contribution in [2.75, 3.05) is 13.7 Å². The van der Waals surface area contributed by atoms with E-state index in [1.165, 1.54) is 7.11 Å². The molecule has 0 saturated carbocycles. The molecule has 0 spiro atoms. The molecule has 2 rings (SSSR count). The minimum Gasteiger partial charge on any atom is -0.490 e. The molecule has 1 unspecified atom stereocenters. The zero-order chi connectivity index (χ0) is 17.4. The highest BCUT2D eigenvalue weighted by atomic mass is 35.9. The van der Waals surface area contributed by atoms with Crippen LogP contribution in [0.3, 0.4) is 0 Å². The largest absolute Gasteiger partial charge is 0.490 e. The summed E-state index contributed by atoms with van der Waals surface area (Å²) in [5.74, 6) is -0.194. The van der Waals surface area contributed by atoms with E-state index in [1.807, 2.05) is 4.98 Å². The highest BCUT2D eigenvalue weighted by molar-refractivity contribution is 8.05. The molecule has 3 N–H and O–H groups in total. The van der Waals surface area contributed by atoms with Gasteiger partial charge in [-0.3, -0.25) is 18.9 Å². The summed E-state index contributed by atoms with van der Waals surface area (Å²) < 4.78 is 26.6. The number of halogens is 2. The molecule has 0 aliphatic carbocycles. The predicted octanol–water partition coefficient (Wildman–Crippen LogP) is -0.233. The van der Waals surface area contributed by atoms with Crippen molar-refractivity contribution in [3.8, 4) is 5.75 Å². The highest BCUT2D eigenvalue weighted by Crippen LogP contribution is 2.57. The first-order valence-electron chi connectivity index (χ1n) is 6.19. The van der Waals surface area contributed by atoms with Crippen LogP contribution in [0.1, 0.15) is 6.23 Å². The Balaban J connectivity index is 2.26. The number of nitrogens with zero attached hydrogens (tertiary/aromatic N) is 1. The van der Waals surface area contributed by atoms with E-state index in [9.17, 15) is 24.4 Å². The third kappa shape index (κ3) is 4.16. The number of rotatable bonds is 5. The van der Waals surface area contributed by atoms with Gasteiger partial charge in [0.1, 0.15) is 18.3 Å². The fourth-order valence-corrected chi connectivity index (χ4v) is 2.72. The average Bonchev–Trinajstić information content (AvgIpc) is 2.73. The van der Waals surface area contributed by atoms with Crippen molar-refractivity contribution in [2.45, 2.75) is 24.5 Å². The molecule has 0 radical (unpaired) electrons. The molecule has 2 heterocycles. The maximum Gasteiger partial charge on any atom is 0.380 e. The molecule has 0 bridgehead atoms.